The SMILES string of the molecule is CN(CCC(=O)O)C(=O)NC[C@@H]1C[C@H]1c1ccc(Cl)cc1Cl. The average Bonchev–Trinajstić information content (AvgIpc) is 3.21. The van der Waals surface area contributed by atoms with Gasteiger partial charge in [-0.15, -0.1) is 0 Å². The Labute approximate surface area is 139 Å². The highest BCUT2D eigenvalue weighted by Crippen LogP contribution is 2.49. The molecule has 1 aliphatic carbocycles. The highest BCUT2D eigenvalue weighted by Gasteiger charge is 2.39. The molecule has 2 rings (SSSR count). The summed E-state index contributed by atoms with van der Waals surface area (Å²) in [4.78, 5) is 23.7. The fourth-order valence-corrected chi connectivity index (χ4v) is 2.92. The van der Waals surface area contributed by atoms with Gasteiger partial charge in [0.25, 0.3) is 0 Å². The van der Waals surface area contributed by atoms with Gasteiger partial charge in [0.1, 0.15) is 0 Å². The summed E-state index contributed by atoms with van der Waals surface area (Å²) in [6.45, 7) is 0.748. The molecule has 0 aromatic heterocycles. The van der Waals surface area contributed by atoms with E-state index in [-0.39, 0.29) is 19.0 Å². The van der Waals surface area contributed by atoms with Crippen molar-refractivity contribution in [2.45, 2.75) is 18.8 Å². The lowest BCUT2D eigenvalue weighted by Crippen LogP contribution is -2.39. The van der Waals surface area contributed by atoms with Gasteiger partial charge in [0.05, 0.1) is 6.42 Å². The smallest absolute Gasteiger partial charge is 0.317 e. The van der Waals surface area contributed by atoms with Crippen molar-refractivity contribution in [3.05, 3.63) is 33.8 Å². The predicted molar refractivity (Wildman–Crippen MR) is 85.6 cm³/mol. The van der Waals surface area contributed by atoms with E-state index in [2.05, 4.69) is 5.32 Å². The van der Waals surface area contributed by atoms with Gasteiger partial charge in [0.15, 0.2) is 0 Å². The van der Waals surface area contributed by atoms with Crippen LogP contribution in [0.3, 0.4) is 0 Å². The zero-order valence-electron chi connectivity index (χ0n) is 12.2. The summed E-state index contributed by atoms with van der Waals surface area (Å²) in [6.07, 6.45) is 0.914. The first kappa shape index (κ1) is 16.9. The molecule has 22 heavy (non-hydrogen) atoms. The Kier molecular flexibility index (Phi) is 5.53. The van der Waals surface area contributed by atoms with Crippen LogP contribution < -0.4 is 5.32 Å². The number of hydrogen-bond acceptors (Lipinski definition) is 2. The van der Waals surface area contributed by atoms with Crippen LogP contribution in [0, 0.1) is 5.92 Å². The lowest BCUT2D eigenvalue weighted by molar-refractivity contribution is -0.137. The van der Waals surface area contributed by atoms with Gasteiger partial charge in [-0.3, -0.25) is 4.79 Å². The van der Waals surface area contributed by atoms with E-state index in [0.29, 0.717) is 28.4 Å². The van der Waals surface area contributed by atoms with Crippen LogP contribution in [-0.2, 0) is 4.79 Å². The minimum atomic E-state index is -0.917. The number of carboxylic acids is 1. The number of hydrogen-bond donors (Lipinski definition) is 2. The van der Waals surface area contributed by atoms with E-state index in [9.17, 15) is 9.59 Å². The van der Waals surface area contributed by atoms with Crippen molar-refractivity contribution in [1.82, 2.24) is 10.2 Å². The molecule has 0 bridgehead atoms. The Bertz CT molecular complexity index is 580. The Hall–Kier alpha value is -1.46. The molecule has 1 saturated carbocycles. The Balaban J connectivity index is 1.77. The minimum absolute atomic E-state index is 0.0592. The fourth-order valence-electron chi connectivity index (χ4n) is 2.37. The molecule has 2 N–H and O–H groups in total. The standard InChI is InChI=1S/C15H18Cl2N2O3/c1-19(5-4-14(20)21)15(22)18-8-9-6-12(9)11-3-2-10(16)7-13(11)17/h2-3,7,9,12H,4-6,8H2,1H3,(H,18,22)(H,20,21)/t9-,12+/m0/s1. The number of carbonyl (C=O) groups excluding carboxylic acids is 1. The molecule has 1 aliphatic rings. The number of urea groups is 1. The zero-order valence-corrected chi connectivity index (χ0v) is 13.7. The molecule has 1 aromatic rings. The van der Waals surface area contributed by atoms with Crippen molar-refractivity contribution in [3.8, 4) is 0 Å². The van der Waals surface area contributed by atoms with Crippen molar-refractivity contribution in [2.24, 2.45) is 5.92 Å². The van der Waals surface area contributed by atoms with E-state index >= 15 is 0 Å². The maximum Gasteiger partial charge on any atom is 0.317 e. The van der Waals surface area contributed by atoms with Crippen molar-refractivity contribution in [3.63, 3.8) is 0 Å². The zero-order chi connectivity index (χ0) is 16.3. The number of carbonyl (C=O) groups is 2. The Morgan fingerprint density at radius 3 is 2.77 bits per heavy atom. The second-order valence-electron chi connectivity index (χ2n) is 5.52. The van der Waals surface area contributed by atoms with Crippen LogP contribution in [0.2, 0.25) is 10.0 Å². The van der Waals surface area contributed by atoms with E-state index in [1.807, 2.05) is 12.1 Å². The van der Waals surface area contributed by atoms with Gasteiger partial charge in [-0.2, -0.15) is 0 Å². The van der Waals surface area contributed by atoms with Crippen LogP contribution in [0.5, 0.6) is 0 Å². The van der Waals surface area contributed by atoms with Gasteiger partial charge in [-0.1, -0.05) is 29.3 Å². The summed E-state index contributed by atoms with van der Waals surface area (Å²) in [6, 6.07) is 5.22. The molecule has 1 fully saturated rings. The third kappa shape index (κ3) is 4.52. The number of aliphatic carboxylic acids is 1. The van der Waals surface area contributed by atoms with Gasteiger partial charge in [0, 0.05) is 30.2 Å². The molecule has 2 atom stereocenters. The molecule has 7 heteroatoms. The molecular weight excluding hydrogens is 327 g/mol. The van der Waals surface area contributed by atoms with Crippen LogP contribution >= 0.6 is 23.2 Å². The number of rotatable bonds is 6. The largest absolute Gasteiger partial charge is 0.481 e. The first-order chi connectivity index (χ1) is 10.4. The van der Waals surface area contributed by atoms with Gasteiger partial charge in [-0.05, 0) is 36.0 Å². The van der Waals surface area contributed by atoms with E-state index in [4.69, 9.17) is 28.3 Å². The van der Waals surface area contributed by atoms with Gasteiger partial charge in [0.2, 0.25) is 0 Å². The number of benzene rings is 1. The Morgan fingerprint density at radius 1 is 1.41 bits per heavy atom. The van der Waals surface area contributed by atoms with Crippen molar-refractivity contribution >= 4 is 35.2 Å². The van der Waals surface area contributed by atoms with Gasteiger partial charge < -0.3 is 15.3 Å². The van der Waals surface area contributed by atoms with Crippen LogP contribution in [-0.4, -0.2) is 42.1 Å². The molecule has 0 spiro atoms. The van der Waals surface area contributed by atoms with Crippen molar-refractivity contribution < 1.29 is 14.7 Å². The number of nitrogens with zero attached hydrogens (tertiary/aromatic N) is 1. The van der Waals surface area contributed by atoms with Gasteiger partial charge >= 0.3 is 12.0 Å². The molecule has 0 radical (unpaired) electrons. The third-order valence-electron chi connectivity index (χ3n) is 3.81. The van der Waals surface area contributed by atoms with Gasteiger partial charge in [-0.25, -0.2) is 4.79 Å². The summed E-state index contributed by atoms with van der Waals surface area (Å²) in [5.41, 5.74) is 1.06. The van der Waals surface area contributed by atoms with Crippen LogP contribution in [0.15, 0.2) is 18.2 Å². The maximum absolute atomic E-state index is 11.8. The Morgan fingerprint density at radius 2 is 2.14 bits per heavy atom. The molecule has 0 unspecified atom stereocenters. The highest BCUT2D eigenvalue weighted by atomic mass is 35.5. The molecule has 0 heterocycles. The first-order valence-electron chi connectivity index (χ1n) is 7.04. The van der Waals surface area contributed by atoms with Crippen molar-refractivity contribution in [2.75, 3.05) is 20.1 Å². The summed E-state index contributed by atoms with van der Waals surface area (Å²) in [5, 5.41) is 12.7. The highest BCUT2D eigenvalue weighted by molar-refractivity contribution is 6.35. The lowest BCUT2D eigenvalue weighted by atomic mass is 10.1. The second kappa shape index (κ2) is 7.20. The molecule has 5 nitrogen and oxygen atoms in total. The van der Waals surface area contributed by atoms with Crippen LogP contribution in [0.25, 0.3) is 0 Å². The molecular formula is C15H18Cl2N2O3. The molecule has 120 valence electrons. The quantitative estimate of drug-likeness (QED) is 0.832. The maximum atomic E-state index is 11.8. The normalized spacial score (nSPS) is 19.6. The summed E-state index contributed by atoms with van der Waals surface area (Å²) >= 11 is 12.1. The van der Waals surface area contributed by atoms with E-state index in [0.717, 1.165) is 12.0 Å². The monoisotopic (exact) mass is 344 g/mol. The number of amides is 2. The lowest BCUT2D eigenvalue weighted by Gasteiger charge is -2.16. The second-order valence-corrected chi connectivity index (χ2v) is 6.36. The predicted octanol–water partition coefficient (Wildman–Crippen LogP) is 3.21. The molecule has 2 amide bonds. The average molecular weight is 345 g/mol. The first-order valence-corrected chi connectivity index (χ1v) is 7.79. The number of nitrogens with one attached hydrogen (secondary N) is 1. The van der Waals surface area contributed by atoms with E-state index in [1.165, 1.54) is 4.90 Å². The summed E-state index contributed by atoms with van der Waals surface area (Å²) < 4.78 is 0. The topological polar surface area (TPSA) is 69.6 Å². The van der Waals surface area contributed by atoms with E-state index in [1.54, 1.807) is 13.1 Å². The summed E-state index contributed by atoms with van der Waals surface area (Å²) in [5.74, 6) is -0.218. The van der Waals surface area contributed by atoms with Crippen LogP contribution in [0.4, 0.5) is 4.79 Å². The fraction of sp³-hybridized carbons (Fsp3) is 0.467. The van der Waals surface area contributed by atoms with Crippen LogP contribution in [0.1, 0.15) is 24.3 Å². The number of carboxylic acid groups (broad SMARTS) is 1. The number of halogens is 2. The minimum Gasteiger partial charge on any atom is -0.481 e. The summed E-state index contributed by atoms with van der Waals surface area (Å²) in [7, 11) is 1.58. The molecule has 1 aromatic carbocycles. The van der Waals surface area contributed by atoms with E-state index < -0.39 is 5.97 Å². The molecule has 0 aliphatic heterocycles. The van der Waals surface area contributed by atoms with Crippen molar-refractivity contribution in [1.29, 1.82) is 0 Å². The molecule has 0 saturated heterocycles. The third-order valence-corrected chi connectivity index (χ3v) is 4.37.